The Morgan fingerprint density at radius 3 is 2.62 bits per heavy atom. The highest BCUT2D eigenvalue weighted by molar-refractivity contribution is 5.29. The fourth-order valence-corrected chi connectivity index (χ4v) is 3.46. The lowest BCUT2D eigenvalue weighted by Gasteiger charge is -2.31. The molecule has 1 N–H and O–H groups in total. The van der Waals surface area contributed by atoms with E-state index in [1.165, 1.54) is 25.7 Å². The predicted molar refractivity (Wildman–Crippen MR) is 82.7 cm³/mol. The summed E-state index contributed by atoms with van der Waals surface area (Å²) in [5.74, 6) is 1.97. The summed E-state index contributed by atoms with van der Waals surface area (Å²) in [5.41, 5.74) is 0. The SMILES string of the molecule is CNC1CCCCCC1c1nc(N2CCN(C)CC2)no1. The van der Waals surface area contributed by atoms with Crippen LogP contribution in [0.2, 0.25) is 0 Å². The van der Waals surface area contributed by atoms with E-state index in [0.717, 1.165) is 44.4 Å². The summed E-state index contributed by atoms with van der Waals surface area (Å²) < 4.78 is 5.62. The van der Waals surface area contributed by atoms with Crippen LogP contribution in [0.4, 0.5) is 5.95 Å². The summed E-state index contributed by atoms with van der Waals surface area (Å²) in [5, 5.41) is 7.67. The highest BCUT2D eigenvalue weighted by Gasteiger charge is 2.29. The Morgan fingerprint density at radius 1 is 1.10 bits per heavy atom. The van der Waals surface area contributed by atoms with Crippen molar-refractivity contribution >= 4 is 5.95 Å². The maximum Gasteiger partial charge on any atom is 0.266 e. The fraction of sp³-hybridized carbons (Fsp3) is 0.867. The zero-order valence-electron chi connectivity index (χ0n) is 13.2. The van der Waals surface area contributed by atoms with Crippen molar-refractivity contribution in [3.05, 3.63) is 5.89 Å². The van der Waals surface area contributed by atoms with Gasteiger partial charge in [0.15, 0.2) is 0 Å². The van der Waals surface area contributed by atoms with Crippen molar-refractivity contribution < 1.29 is 4.52 Å². The van der Waals surface area contributed by atoms with Gasteiger partial charge in [-0.1, -0.05) is 19.3 Å². The van der Waals surface area contributed by atoms with Crippen LogP contribution in [0.1, 0.15) is 43.9 Å². The summed E-state index contributed by atoms with van der Waals surface area (Å²) in [6.07, 6.45) is 6.22. The molecule has 2 heterocycles. The number of nitrogens with one attached hydrogen (secondary N) is 1. The van der Waals surface area contributed by atoms with Crippen molar-refractivity contribution in [3.63, 3.8) is 0 Å². The van der Waals surface area contributed by atoms with Crippen molar-refractivity contribution in [2.45, 2.75) is 44.1 Å². The molecule has 21 heavy (non-hydrogen) atoms. The predicted octanol–water partition coefficient (Wildman–Crippen LogP) is 1.46. The minimum Gasteiger partial charge on any atom is -0.337 e. The summed E-state index contributed by atoms with van der Waals surface area (Å²) >= 11 is 0. The molecular weight excluding hydrogens is 266 g/mol. The molecule has 0 bridgehead atoms. The lowest BCUT2D eigenvalue weighted by atomic mass is 9.95. The third-order valence-electron chi connectivity index (χ3n) is 4.92. The first-order valence-electron chi connectivity index (χ1n) is 8.22. The third kappa shape index (κ3) is 3.37. The van der Waals surface area contributed by atoms with Crippen molar-refractivity contribution in [1.29, 1.82) is 0 Å². The van der Waals surface area contributed by atoms with Crippen LogP contribution in [0, 0.1) is 0 Å². The van der Waals surface area contributed by atoms with Crippen molar-refractivity contribution in [3.8, 4) is 0 Å². The van der Waals surface area contributed by atoms with E-state index in [-0.39, 0.29) is 0 Å². The monoisotopic (exact) mass is 293 g/mol. The minimum absolute atomic E-state index is 0.367. The van der Waals surface area contributed by atoms with Crippen LogP contribution in [0.5, 0.6) is 0 Å². The van der Waals surface area contributed by atoms with Crippen LogP contribution >= 0.6 is 0 Å². The van der Waals surface area contributed by atoms with Crippen molar-refractivity contribution in [2.24, 2.45) is 0 Å². The Kier molecular flexibility index (Phi) is 4.75. The molecule has 6 heteroatoms. The Hall–Kier alpha value is -1.14. The molecule has 0 aromatic carbocycles. The molecule has 1 aliphatic heterocycles. The molecule has 1 aliphatic carbocycles. The van der Waals surface area contributed by atoms with Gasteiger partial charge < -0.3 is 19.6 Å². The summed E-state index contributed by atoms with van der Waals surface area (Å²) in [7, 11) is 4.20. The number of hydrogen-bond donors (Lipinski definition) is 1. The van der Waals surface area contributed by atoms with Gasteiger partial charge in [-0.2, -0.15) is 4.98 Å². The molecule has 0 spiro atoms. The van der Waals surface area contributed by atoms with Gasteiger partial charge in [0.2, 0.25) is 5.89 Å². The number of rotatable bonds is 3. The van der Waals surface area contributed by atoms with E-state index in [9.17, 15) is 0 Å². The maximum absolute atomic E-state index is 5.62. The van der Waals surface area contributed by atoms with E-state index in [2.05, 4.69) is 27.3 Å². The van der Waals surface area contributed by atoms with E-state index in [0.29, 0.717) is 12.0 Å². The van der Waals surface area contributed by atoms with Gasteiger partial charge in [0.05, 0.1) is 5.92 Å². The largest absolute Gasteiger partial charge is 0.337 e. The Morgan fingerprint density at radius 2 is 1.86 bits per heavy atom. The first kappa shape index (κ1) is 14.8. The van der Waals surface area contributed by atoms with Gasteiger partial charge in [0, 0.05) is 32.2 Å². The lowest BCUT2D eigenvalue weighted by molar-refractivity contribution is 0.302. The highest BCUT2D eigenvalue weighted by Crippen LogP contribution is 2.31. The van der Waals surface area contributed by atoms with Gasteiger partial charge in [-0.15, -0.1) is 0 Å². The molecule has 2 unspecified atom stereocenters. The molecule has 1 aromatic rings. The Balaban J connectivity index is 1.71. The molecule has 2 atom stereocenters. The van der Waals surface area contributed by atoms with E-state index in [1.54, 1.807) is 0 Å². The van der Waals surface area contributed by atoms with Crippen LogP contribution in [0.15, 0.2) is 4.52 Å². The number of likely N-dealkylation sites (N-methyl/N-ethyl adjacent to an activating group) is 2. The standard InChI is InChI=1S/C15H27N5O/c1-16-13-7-5-3-4-6-12(13)14-17-15(18-21-14)20-10-8-19(2)9-11-20/h12-13,16H,3-11H2,1-2H3. The van der Waals surface area contributed by atoms with Crippen LogP contribution in [0.3, 0.4) is 0 Å². The normalized spacial score (nSPS) is 28.6. The highest BCUT2D eigenvalue weighted by atomic mass is 16.5. The van der Waals surface area contributed by atoms with Gasteiger partial charge in [-0.05, 0) is 32.1 Å². The smallest absolute Gasteiger partial charge is 0.266 e. The van der Waals surface area contributed by atoms with Crippen LogP contribution in [-0.2, 0) is 0 Å². The van der Waals surface area contributed by atoms with E-state index in [1.807, 2.05) is 7.05 Å². The van der Waals surface area contributed by atoms with Gasteiger partial charge in [0.25, 0.3) is 5.95 Å². The van der Waals surface area contributed by atoms with Gasteiger partial charge in [0.1, 0.15) is 0 Å². The molecule has 1 aromatic heterocycles. The Labute approximate surface area is 126 Å². The fourth-order valence-electron chi connectivity index (χ4n) is 3.46. The summed E-state index contributed by atoms with van der Waals surface area (Å²) in [6.45, 7) is 4.09. The van der Waals surface area contributed by atoms with Crippen molar-refractivity contribution in [2.75, 3.05) is 45.2 Å². The van der Waals surface area contributed by atoms with Gasteiger partial charge >= 0.3 is 0 Å². The van der Waals surface area contributed by atoms with Crippen LogP contribution < -0.4 is 10.2 Å². The summed E-state index contributed by atoms with van der Waals surface area (Å²) in [6, 6.07) is 0.466. The number of hydrogen-bond acceptors (Lipinski definition) is 6. The average Bonchev–Trinajstić information content (AvgIpc) is 2.86. The average molecular weight is 293 g/mol. The maximum atomic E-state index is 5.62. The Bertz CT molecular complexity index is 441. The third-order valence-corrected chi connectivity index (χ3v) is 4.92. The molecule has 0 amide bonds. The second-order valence-electron chi connectivity index (χ2n) is 6.36. The quantitative estimate of drug-likeness (QED) is 0.852. The second-order valence-corrected chi connectivity index (χ2v) is 6.36. The molecule has 2 fully saturated rings. The van der Waals surface area contributed by atoms with E-state index in [4.69, 9.17) is 9.51 Å². The van der Waals surface area contributed by atoms with Crippen molar-refractivity contribution in [1.82, 2.24) is 20.4 Å². The first-order valence-corrected chi connectivity index (χ1v) is 8.22. The number of piperazine rings is 1. The number of aromatic nitrogens is 2. The van der Waals surface area contributed by atoms with Crippen LogP contribution in [-0.4, -0.2) is 61.4 Å². The van der Waals surface area contributed by atoms with Gasteiger partial charge in [-0.25, -0.2) is 0 Å². The van der Waals surface area contributed by atoms with Gasteiger partial charge in [-0.3, -0.25) is 0 Å². The van der Waals surface area contributed by atoms with E-state index >= 15 is 0 Å². The molecule has 118 valence electrons. The number of anilines is 1. The first-order chi connectivity index (χ1) is 10.3. The summed E-state index contributed by atoms with van der Waals surface area (Å²) in [4.78, 5) is 9.28. The van der Waals surface area contributed by atoms with Crippen LogP contribution in [0.25, 0.3) is 0 Å². The second kappa shape index (κ2) is 6.75. The topological polar surface area (TPSA) is 57.4 Å². The zero-order valence-corrected chi connectivity index (χ0v) is 13.2. The number of nitrogens with zero attached hydrogens (tertiary/aromatic N) is 4. The molecule has 1 saturated carbocycles. The molecule has 6 nitrogen and oxygen atoms in total. The lowest BCUT2D eigenvalue weighted by Crippen LogP contribution is -2.45. The zero-order chi connectivity index (χ0) is 14.7. The molecular formula is C15H27N5O. The molecule has 0 radical (unpaired) electrons. The molecule has 1 saturated heterocycles. The molecule has 2 aliphatic rings. The molecule has 3 rings (SSSR count). The minimum atomic E-state index is 0.367. The van der Waals surface area contributed by atoms with E-state index < -0.39 is 0 Å².